The SMILES string of the molecule is Cc1cc(C(C)NC2CCCS(=O)(=O)C2)c(C)o1. The summed E-state index contributed by atoms with van der Waals surface area (Å²) in [6.07, 6.45) is 1.69. The molecular formula is C13H21NO3S. The maximum atomic E-state index is 11.6. The summed E-state index contributed by atoms with van der Waals surface area (Å²) >= 11 is 0. The van der Waals surface area contributed by atoms with Gasteiger partial charge in [-0.1, -0.05) is 0 Å². The van der Waals surface area contributed by atoms with E-state index in [4.69, 9.17) is 4.42 Å². The molecule has 1 saturated heterocycles. The normalized spacial score (nSPS) is 24.9. The van der Waals surface area contributed by atoms with Gasteiger partial charge in [-0.25, -0.2) is 8.42 Å². The van der Waals surface area contributed by atoms with E-state index in [0.717, 1.165) is 29.9 Å². The summed E-state index contributed by atoms with van der Waals surface area (Å²) in [5.74, 6) is 2.40. The van der Waals surface area contributed by atoms with E-state index in [1.807, 2.05) is 19.9 Å². The molecule has 0 bridgehead atoms. The molecule has 0 aliphatic carbocycles. The lowest BCUT2D eigenvalue weighted by Crippen LogP contribution is -2.41. The van der Waals surface area contributed by atoms with Crippen LogP contribution >= 0.6 is 0 Å². The maximum Gasteiger partial charge on any atom is 0.151 e. The smallest absolute Gasteiger partial charge is 0.151 e. The van der Waals surface area contributed by atoms with E-state index in [1.54, 1.807) is 0 Å². The van der Waals surface area contributed by atoms with Crippen LogP contribution in [0.2, 0.25) is 0 Å². The fourth-order valence-electron chi connectivity index (χ4n) is 2.68. The van der Waals surface area contributed by atoms with E-state index in [-0.39, 0.29) is 17.8 Å². The number of nitrogens with one attached hydrogen (secondary N) is 1. The van der Waals surface area contributed by atoms with Crippen LogP contribution in [0.5, 0.6) is 0 Å². The van der Waals surface area contributed by atoms with Crippen LogP contribution in [-0.4, -0.2) is 26.0 Å². The lowest BCUT2D eigenvalue weighted by atomic mass is 10.1. The molecule has 0 saturated carbocycles. The first kappa shape index (κ1) is 13.6. The lowest BCUT2D eigenvalue weighted by molar-refractivity contribution is 0.430. The Morgan fingerprint density at radius 2 is 2.17 bits per heavy atom. The van der Waals surface area contributed by atoms with E-state index in [9.17, 15) is 8.42 Å². The minimum Gasteiger partial charge on any atom is -0.466 e. The molecule has 18 heavy (non-hydrogen) atoms. The number of sulfone groups is 1. The molecule has 1 fully saturated rings. The molecule has 1 aromatic heterocycles. The van der Waals surface area contributed by atoms with E-state index in [2.05, 4.69) is 12.2 Å². The summed E-state index contributed by atoms with van der Waals surface area (Å²) < 4.78 is 28.7. The fourth-order valence-corrected chi connectivity index (χ4v) is 4.33. The van der Waals surface area contributed by atoms with Crippen molar-refractivity contribution in [1.29, 1.82) is 0 Å². The van der Waals surface area contributed by atoms with Gasteiger partial charge < -0.3 is 9.73 Å². The van der Waals surface area contributed by atoms with Gasteiger partial charge in [0.1, 0.15) is 11.5 Å². The quantitative estimate of drug-likeness (QED) is 0.915. The van der Waals surface area contributed by atoms with Gasteiger partial charge in [-0.15, -0.1) is 0 Å². The van der Waals surface area contributed by atoms with Crippen LogP contribution in [0.4, 0.5) is 0 Å². The third-order valence-corrected chi connectivity index (χ3v) is 5.32. The average molecular weight is 271 g/mol. The summed E-state index contributed by atoms with van der Waals surface area (Å²) in [6.45, 7) is 5.92. The average Bonchev–Trinajstić information content (AvgIpc) is 2.56. The number of furan rings is 1. The van der Waals surface area contributed by atoms with Crippen molar-refractivity contribution in [2.75, 3.05) is 11.5 Å². The molecule has 1 aliphatic heterocycles. The summed E-state index contributed by atoms with van der Waals surface area (Å²) in [5, 5.41) is 3.41. The number of rotatable bonds is 3. The van der Waals surface area contributed by atoms with Crippen molar-refractivity contribution < 1.29 is 12.8 Å². The van der Waals surface area contributed by atoms with Gasteiger partial charge in [-0.05, 0) is 39.7 Å². The zero-order valence-corrected chi connectivity index (χ0v) is 12.0. The van der Waals surface area contributed by atoms with Gasteiger partial charge in [0, 0.05) is 17.6 Å². The first-order chi connectivity index (χ1) is 8.37. The van der Waals surface area contributed by atoms with Crippen LogP contribution in [0.15, 0.2) is 10.5 Å². The molecule has 102 valence electrons. The van der Waals surface area contributed by atoms with Crippen molar-refractivity contribution in [2.45, 2.75) is 45.7 Å². The molecule has 0 spiro atoms. The Bertz CT molecular complexity index is 518. The molecule has 4 nitrogen and oxygen atoms in total. The Morgan fingerprint density at radius 1 is 1.44 bits per heavy atom. The monoisotopic (exact) mass is 271 g/mol. The molecule has 0 aromatic carbocycles. The minimum atomic E-state index is -2.85. The second-order valence-electron chi connectivity index (χ2n) is 5.21. The van der Waals surface area contributed by atoms with E-state index in [1.165, 1.54) is 0 Å². The van der Waals surface area contributed by atoms with Crippen molar-refractivity contribution in [3.05, 3.63) is 23.2 Å². The molecule has 2 heterocycles. The van der Waals surface area contributed by atoms with Crippen LogP contribution in [0.3, 0.4) is 0 Å². The zero-order valence-electron chi connectivity index (χ0n) is 11.2. The summed E-state index contributed by atoms with van der Waals surface area (Å²) in [5.41, 5.74) is 1.12. The summed E-state index contributed by atoms with van der Waals surface area (Å²) in [7, 11) is -2.85. The molecule has 1 aliphatic rings. The highest BCUT2D eigenvalue weighted by Gasteiger charge is 2.26. The van der Waals surface area contributed by atoms with Crippen LogP contribution in [0.1, 0.15) is 42.9 Å². The van der Waals surface area contributed by atoms with Crippen molar-refractivity contribution in [1.82, 2.24) is 5.32 Å². The third-order valence-electron chi connectivity index (χ3n) is 3.49. The van der Waals surface area contributed by atoms with Crippen LogP contribution in [0, 0.1) is 13.8 Å². The number of aryl methyl sites for hydroxylation is 2. The lowest BCUT2D eigenvalue weighted by Gasteiger charge is -2.26. The van der Waals surface area contributed by atoms with Crippen LogP contribution in [-0.2, 0) is 9.84 Å². The molecule has 5 heteroatoms. The van der Waals surface area contributed by atoms with Gasteiger partial charge in [-0.2, -0.15) is 0 Å². The highest BCUT2D eigenvalue weighted by molar-refractivity contribution is 7.91. The van der Waals surface area contributed by atoms with E-state index < -0.39 is 9.84 Å². The summed E-state index contributed by atoms with van der Waals surface area (Å²) in [6, 6.07) is 2.21. The molecule has 2 atom stereocenters. The largest absolute Gasteiger partial charge is 0.466 e. The van der Waals surface area contributed by atoms with Gasteiger partial charge in [0.05, 0.1) is 11.5 Å². The molecule has 2 rings (SSSR count). The third kappa shape index (κ3) is 3.14. The van der Waals surface area contributed by atoms with Crippen LogP contribution < -0.4 is 5.32 Å². The van der Waals surface area contributed by atoms with Crippen molar-refractivity contribution >= 4 is 9.84 Å². The Hall–Kier alpha value is -0.810. The van der Waals surface area contributed by atoms with E-state index >= 15 is 0 Å². The van der Waals surface area contributed by atoms with Gasteiger partial charge in [0.15, 0.2) is 9.84 Å². The Balaban J connectivity index is 2.03. The molecular weight excluding hydrogens is 250 g/mol. The standard InChI is InChI=1S/C13H21NO3S/c1-9-7-13(11(3)17-9)10(2)14-12-5-4-6-18(15,16)8-12/h7,10,12,14H,4-6,8H2,1-3H3. The van der Waals surface area contributed by atoms with E-state index in [0.29, 0.717) is 5.75 Å². The molecule has 0 amide bonds. The van der Waals surface area contributed by atoms with Crippen LogP contribution in [0.25, 0.3) is 0 Å². The Kier molecular flexibility index (Phi) is 3.82. The molecule has 0 radical (unpaired) electrons. The predicted molar refractivity (Wildman–Crippen MR) is 71.4 cm³/mol. The second kappa shape index (κ2) is 5.05. The van der Waals surface area contributed by atoms with Gasteiger partial charge >= 0.3 is 0 Å². The maximum absolute atomic E-state index is 11.6. The highest BCUT2D eigenvalue weighted by Crippen LogP contribution is 2.23. The first-order valence-corrected chi connectivity index (χ1v) is 8.23. The Labute approximate surface area is 109 Å². The van der Waals surface area contributed by atoms with Gasteiger partial charge in [-0.3, -0.25) is 0 Å². The molecule has 1 aromatic rings. The molecule has 1 N–H and O–H groups in total. The van der Waals surface area contributed by atoms with Gasteiger partial charge in [0.25, 0.3) is 0 Å². The minimum absolute atomic E-state index is 0.0633. The Morgan fingerprint density at radius 3 is 2.72 bits per heavy atom. The molecule has 2 unspecified atom stereocenters. The topological polar surface area (TPSA) is 59.3 Å². The highest BCUT2D eigenvalue weighted by atomic mass is 32.2. The van der Waals surface area contributed by atoms with Gasteiger partial charge in [0.2, 0.25) is 0 Å². The summed E-state index contributed by atoms with van der Waals surface area (Å²) in [4.78, 5) is 0. The van der Waals surface area contributed by atoms with Crippen molar-refractivity contribution in [3.8, 4) is 0 Å². The fraction of sp³-hybridized carbons (Fsp3) is 0.692. The first-order valence-electron chi connectivity index (χ1n) is 6.41. The van der Waals surface area contributed by atoms with Crippen molar-refractivity contribution in [3.63, 3.8) is 0 Å². The number of hydrogen-bond acceptors (Lipinski definition) is 4. The predicted octanol–water partition coefficient (Wildman–Crippen LogP) is 2.12. The zero-order chi connectivity index (χ0) is 13.3. The van der Waals surface area contributed by atoms with Crippen molar-refractivity contribution in [2.24, 2.45) is 0 Å². The second-order valence-corrected chi connectivity index (χ2v) is 7.44. The number of hydrogen-bond donors (Lipinski definition) is 1.